The molecule has 1 heterocycles. The Morgan fingerprint density at radius 2 is 1.83 bits per heavy atom. The molecular weight excluding hydrogens is 226 g/mol. The van der Waals surface area contributed by atoms with Crippen LogP contribution in [-0.4, -0.2) is 38.0 Å². The molecule has 108 valence electrons. The first-order valence-corrected chi connectivity index (χ1v) is 7.28. The van der Waals surface area contributed by atoms with Crippen LogP contribution in [0.5, 0.6) is 0 Å². The van der Waals surface area contributed by atoms with Crippen molar-refractivity contribution in [2.24, 2.45) is 5.41 Å². The van der Waals surface area contributed by atoms with Gasteiger partial charge in [0.15, 0.2) is 0 Å². The van der Waals surface area contributed by atoms with Gasteiger partial charge < -0.3 is 14.8 Å². The molecule has 1 rings (SSSR count). The summed E-state index contributed by atoms with van der Waals surface area (Å²) in [5.74, 6) is 0. The van der Waals surface area contributed by atoms with Gasteiger partial charge >= 0.3 is 0 Å². The Balaban J connectivity index is 2.44. The Morgan fingerprint density at radius 3 is 2.33 bits per heavy atom. The van der Waals surface area contributed by atoms with Gasteiger partial charge in [-0.25, -0.2) is 0 Å². The zero-order valence-electron chi connectivity index (χ0n) is 12.8. The molecule has 1 fully saturated rings. The number of hydrogen-bond acceptors (Lipinski definition) is 3. The van der Waals surface area contributed by atoms with Crippen LogP contribution < -0.4 is 5.32 Å². The van der Waals surface area contributed by atoms with Gasteiger partial charge in [0, 0.05) is 32.4 Å². The summed E-state index contributed by atoms with van der Waals surface area (Å²) in [5, 5.41) is 3.59. The predicted octanol–water partition coefficient (Wildman–Crippen LogP) is 2.99. The Labute approximate surface area is 113 Å². The van der Waals surface area contributed by atoms with E-state index in [2.05, 4.69) is 39.9 Å². The van der Waals surface area contributed by atoms with Crippen LogP contribution in [0.2, 0.25) is 0 Å². The Bertz CT molecular complexity index is 227. The van der Waals surface area contributed by atoms with Crippen LogP contribution in [0.25, 0.3) is 0 Å². The molecule has 1 N–H and O–H groups in total. The van der Waals surface area contributed by atoms with Gasteiger partial charge in [-0.05, 0) is 45.4 Å². The van der Waals surface area contributed by atoms with Crippen LogP contribution in [0.15, 0.2) is 0 Å². The summed E-state index contributed by atoms with van der Waals surface area (Å²) in [7, 11) is 0. The molecule has 0 aliphatic carbocycles. The summed E-state index contributed by atoms with van der Waals surface area (Å²) in [6.45, 7) is 14.5. The van der Waals surface area contributed by atoms with E-state index in [1.807, 2.05) is 0 Å². The Morgan fingerprint density at radius 1 is 1.22 bits per heavy atom. The normalized spacial score (nSPS) is 20.3. The van der Waals surface area contributed by atoms with Gasteiger partial charge in [-0.3, -0.25) is 0 Å². The number of hydrogen-bond donors (Lipinski definition) is 1. The topological polar surface area (TPSA) is 30.5 Å². The fraction of sp³-hybridized carbons (Fsp3) is 1.00. The minimum Gasteiger partial charge on any atom is -0.381 e. The van der Waals surface area contributed by atoms with Gasteiger partial charge in [0.05, 0.1) is 5.60 Å². The maximum atomic E-state index is 5.90. The lowest BCUT2D eigenvalue weighted by Gasteiger charge is -2.38. The van der Waals surface area contributed by atoms with Crippen molar-refractivity contribution >= 4 is 0 Å². The first kappa shape index (κ1) is 15.9. The van der Waals surface area contributed by atoms with E-state index in [4.69, 9.17) is 9.47 Å². The Hall–Kier alpha value is -0.120. The fourth-order valence-corrected chi connectivity index (χ4v) is 2.31. The number of nitrogens with one attached hydrogen (secondary N) is 1. The van der Waals surface area contributed by atoms with E-state index in [1.54, 1.807) is 0 Å². The summed E-state index contributed by atoms with van der Waals surface area (Å²) in [6, 6.07) is 0.549. The van der Waals surface area contributed by atoms with Gasteiger partial charge in [-0.1, -0.05) is 13.8 Å². The van der Waals surface area contributed by atoms with Gasteiger partial charge in [0.1, 0.15) is 0 Å². The van der Waals surface area contributed by atoms with E-state index < -0.39 is 0 Å². The van der Waals surface area contributed by atoms with Crippen LogP contribution in [-0.2, 0) is 9.47 Å². The molecule has 3 heteroatoms. The lowest BCUT2D eigenvalue weighted by atomic mass is 9.77. The lowest BCUT2D eigenvalue weighted by molar-refractivity contribution is -0.0435. The highest BCUT2D eigenvalue weighted by molar-refractivity contribution is 4.85. The van der Waals surface area contributed by atoms with Crippen LogP contribution in [0, 0.1) is 5.41 Å². The van der Waals surface area contributed by atoms with Crippen LogP contribution in [0.4, 0.5) is 0 Å². The third kappa shape index (κ3) is 6.17. The molecule has 1 saturated heterocycles. The molecule has 1 aliphatic rings. The largest absolute Gasteiger partial charge is 0.381 e. The van der Waals surface area contributed by atoms with Crippen molar-refractivity contribution in [3.05, 3.63) is 0 Å². The molecule has 0 aromatic heterocycles. The second-order valence-corrected chi connectivity index (χ2v) is 6.86. The zero-order chi connectivity index (χ0) is 13.6. The quantitative estimate of drug-likeness (QED) is 0.793. The van der Waals surface area contributed by atoms with E-state index in [9.17, 15) is 0 Å². The third-order valence-electron chi connectivity index (χ3n) is 3.61. The van der Waals surface area contributed by atoms with Crippen molar-refractivity contribution in [1.29, 1.82) is 0 Å². The molecule has 0 bridgehead atoms. The van der Waals surface area contributed by atoms with Crippen LogP contribution in [0.1, 0.15) is 53.9 Å². The highest BCUT2D eigenvalue weighted by atomic mass is 16.5. The summed E-state index contributed by atoms with van der Waals surface area (Å²) in [6.07, 6.45) is 3.44. The van der Waals surface area contributed by atoms with Gasteiger partial charge in [-0.15, -0.1) is 0 Å². The van der Waals surface area contributed by atoms with E-state index in [1.165, 1.54) is 0 Å². The van der Waals surface area contributed by atoms with Crippen molar-refractivity contribution < 1.29 is 9.47 Å². The summed E-state index contributed by atoms with van der Waals surface area (Å²) in [4.78, 5) is 0. The average Bonchev–Trinajstić information content (AvgIpc) is 2.26. The van der Waals surface area contributed by atoms with Crippen molar-refractivity contribution in [3.63, 3.8) is 0 Å². The summed E-state index contributed by atoms with van der Waals surface area (Å²) < 4.78 is 11.4. The molecule has 18 heavy (non-hydrogen) atoms. The average molecular weight is 257 g/mol. The van der Waals surface area contributed by atoms with Crippen molar-refractivity contribution in [2.75, 3.05) is 26.4 Å². The highest BCUT2D eigenvalue weighted by Crippen LogP contribution is 2.34. The van der Waals surface area contributed by atoms with Gasteiger partial charge in [-0.2, -0.15) is 0 Å². The summed E-state index contributed by atoms with van der Waals surface area (Å²) in [5.41, 5.74) is 0.339. The van der Waals surface area contributed by atoms with E-state index >= 15 is 0 Å². The fourth-order valence-electron chi connectivity index (χ4n) is 2.31. The molecular formula is C15H31NO2. The molecule has 0 spiro atoms. The second kappa shape index (κ2) is 6.88. The lowest BCUT2D eigenvalue weighted by Crippen LogP contribution is -2.42. The molecule has 0 unspecified atom stereocenters. The zero-order valence-corrected chi connectivity index (χ0v) is 12.8. The molecule has 0 radical (unpaired) electrons. The van der Waals surface area contributed by atoms with Crippen molar-refractivity contribution in [2.45, 2.75) is 65.5 Å². The second-order valence-electron chi connectivity index (χ2n) is 6.86. The van der Waals surface area contributed by atoms with Gasteiger partial charge in [0.25, 0.3) is 0 Å². The molecule has 0 aromatic rings. The van der Waals surface area contributed by atoms with E-state index in [0.717, 1.165) is 45.6 Å². The minimum absolute atomic E-state index is 0.0299. The number of ether oxygens (including phenoxy) is 2. The highest BCUT2D eigenvalue weighted by Gasteiger charge is 2.32. The molecule has 0 atom stereocenters. The van der Waals surface area contributed by atoms with E-state index in [-0.39, 0.29) is 5.60 Å². The third-order valence-corrected chi connectivity index (χ3v) is 3.61. The SMILES string of the molecule is CC(C)NCC1(CCOC(C)(C)C)CCOCC1. The smallest absolute Gasteiger partial charge is 0.0598 e. The predicted molar refractivity (Wildman–Crippen MR) is 75.9 cm³/mol. The maximum Gasteiger partial charge on any atom is 0.0598 e. The molecule has 3 nitrogen and oxygen atoms in total. The maximum absolute atomic E-state index is 5.90. The van der Waals surface area contributed by atoms with Crippen molar-refractivity contribution in [1.82, 2.24) is 5.32 Å². The molecule has 0 saturated carbocycles. The first-order chi connectivity index (χ1) is 8.33. The van der Waals surface area contributed by atoms with Crippen LogP contribution in [0.3, 0.4) is 0 Å². The first-order valence-electron chi connectivity index (χ1n) is 7.28. The Kier molecular flexibility index (Phi) is 6.09. The molecule has 1 aliphatic heterocycles. The van der Waals surface area contributed by atoms with Crippen LogP contribution >= 0.6 is 0 Å². The molecule has 0 aromatic carbocycles. The van der Waals surface area contributed by atoms with Crippen molar-refractivity contribution in [3.8, 4) is 0 Å². The summed E-state index contributed by atoms with van der Waals surface area (Å²) >= 11 is 0. The standard InChI is InChI=1S/C15H31NO2/c1-13(2)16-12-15(6-9-17-10-7-15)8-11-18-14(3,4)5/h13,16H,6-12H2,1-5H3. The monoisotopic (exact) mass is 257 g/mol. The van der Waals surface area contributed by atoms with E-state index in [0.29, 0.717) is 11.5 Å². The molecule has 0 amide bonds. The van der Waals surface area contributed by atoms with Gasteiger partial charge in [0.2, 0.25) is 0 Å². The number of rotatable bonds is 6. The minimum atomic E-state index is -0.0299.